The molecule has 0 aliphatic rings. The monoisotopic (exact) mass is 317 g/mol. The van der Waals surface area contributed by atoms with Gasteiger partial charge in [-0.3, -0.25) is 0 Å². The molecular weight excluding hydrogens is 308 g/mol. The Kier molecular flexibility index (Phi) is 4.69. The lowest BCUT2D eigenvalue weighted by Gasteiger charge is -2.19. The lowest BCUT2D eigenvalue weighted by Crippen LogP contribution is -2.18. The van der Waals surface area contributed by atoms with Gasteiger partial charge >= 0.3 is 0 Å². The van der Waals surface area contributed by atoms with Crippen LogP contribution in [0.25, 0.3) is 0 Å². The van der Waals surface area contributed by atoms with E-state index >= 15 is 0 Å². The Labute approximate surface area is 126 Å². The molecule has 19 heavy (non-hydrogen) atoms. The lowest BCUT2D eigenvalue weighted by molar-refractivity contribution is 0.617. The summed E-state index contributed by atoms with van der Waals surface area (Å²) < 4.78 is 13.5. The third-order valence-electron chi connectivity index (χ3n) is 2.84. The summed E-state index contributed by atoms with van der Waals surface area (Å²) in [5, 5.41) is 4.29. The van der Waals surface area contributed by atoms with Gasteiger partial charge in [-0.25, -0.2) is 4.39 Å². The molecule has 5 heteroatoms. The van der Waals surface area contributed by atoms with E-state index in [0.717, 1.165) is 11.1 Å². The van der Waals surface area contributed by atoms with Crippen molar-refractivity contribution in [1.82, 2.24) is 5.32 Å². The van der Waals surface area contributed by atoms with Crippen molar-refractivity contribution in [3.05, 3.63) is 68.4 Å². The summed E-state index contributed by atoms with van der Waals surface area (Å²) in [6.45, 7) is 0. The molecule has 1 atom stereocenters. The van der Waals surface area contributed by atoms with Crippen LogP contribution >= 0.6 is 34.8 Å². The average Bonchev–Trinajstić information content (AvgIpc) is 2.37. The number of nitrogens with one attached hydrogen (secondary N) is 1. The van der Waals surface area contributed by atoms with Crippen LogP contribution < -0.4 is 5.32 Å². The lowest BCUT2D eigenvalue weighted by atomic mass is 9.99. The molecule has 1 nitrogen and oxygen atoms in total. The molecule has 0 spiro atoms. The van der Waals surface area contributed by atoms with Gasteiger partial charge in [0.1, 0.15) is 5.82 Å². The fourth-order valence-corrected chi connectivity index (χ4v) is 2.56. The summed E-state index contributed by atoms with van der Waals surface area (Å²) in [6, 6.07) is 9.69. The fraction of sp³-hybridized carbons (Fsp3) is 0.143. The Bertz CT molecular complexity index is 601. The van der Waals surface area contributed by atoms with Gasteiger partial charge in [0.25, 0.3) is 0 Å². The topological polar surface area (TPSA) is 12.0 Å². The maximum absolute atomic E-state index is 13.5. The predicted molar refractivity (Wildman–Crippen MR) is 78.8 cm³/mol. The first-order valence-corrected chi connectivity index (χ1v) is 6.73. The Morgan fingerprint density at radius 3 is 2.32 bits per heavy atom. The third kappa shape index (κ3) is 3.21. The van der Waals surface area contributed by atoms with Crippen molar-refractivity contribution in [1.29, 1.82) is 0 Å². The van der Waals surface area contributed by atoms with Crippen LogP contribution in [0.2, 0.25) is 15.1 Å². The second kappa shape index (κ2) is 6.10. The Morgan fingerprint density at radius 2 is 1.74 bits per heavy atom. The van der Waals surface area contributed by atoms with Crippen LogP contribution in [0.1, 0.15) is 17.2 Å². The van der Waals surface area contributed by atoms with E-state index < -0.39 is 5.82 Å². The minimum absolute atomic E-state index is 0.0980. The zero-order valence-corrected chi connectivity index (χ0v) is 12.3. The number of benzene rings is 2. The van der Waals surface area contributed by atoms with Gasteiger partial charge in [0, 0.05) is 10.0 Å². The predicted octanol–water partition coefficient (Wildman–Crippen LogP) is 5.09. The van der Waals surface area contributed by atoms with E-state index in [4.69, 9.17) is 34.8 Å². The minimum atomic E-state index is -0.454. The van der Waals surface area contributed by atoms with Crippen molar-refractivity contribution < 1.29 is 4.39 Å². The van der Waals surface area contributed by atoms with E-state index in [2.05, 4.69) is 5.32 Å². The summed E-state index contributed by atoms with van der Waals surface area (Å²) in [7, 11) is 1.78. The van der Waals surface area contributed by atoms with Gasteiger partial charge in [0.2, 0.25) is 0 Å². The maximum Gasteiger partial charge on any atom is 0.142 e. The highest BCUT2D eigenvalue weighted by Crippen LogP contribution is 2.31. The Balaban J connectivity index is 2.46. The molecular formula is C14H11Cl3FN. The number of hydrogen-bond donors (Lipinski definition) is 1. The molecule has 0 fully saturated rings. The summed E-state index contributed by atoms with van der Waals surface area (Å²) in [5.74, 6) is -0.454. The first-order valence-electron chi connectivity index (χ1n) is 5.60. The molecule has 100 valence electrons. The molecule has 0 aliphatic carbocycles. The van der Waals surface area contributed by atoms with E-state index in [1.807, 2.05) is 6.07 Å². The summed E-state index contributed by atoms with van der Waals surface area (Å²) >= 11 is 17.7. The van der Waals surface area contributed by atoms with Crippen LogP contribution in [0, 0.1) is 5.82 Å². The number of halogens is 4. The molecule has 2 rings (SSSR count). The van der Waals surface area contributed by atoms with Gasteiger partial charge in [-0.05, 0) is 42.4 Å². The molecule has 1 N–H and O–H groups in total. The normalized spacial score (nSPS) is 12.5. The van der Waals surface area contributed by atoms with Crippen molar-refractivity contribution in [2.75, 3.05) is 7.05 Å². The van der Waals surface area contributed by atoms with Crippen molar-refractivity contribution in [2.24, 2.45) is 0 Å². The highest BCUT2D eigenvalue weighted by atomic mass is 35.5. The first kappa shape index (κ1) is 14.6. The van der Waals surface area contributed by atoms with Gasteiger partial charge in [-0.2, -0.15) is 0 Å². The van der Waals surface area contributed by atoms with E-state index in [1.165, 1.54) is 12.1 Å². The molecule has 0 bridgehead atoms. The van der Waals surface area contributed by atoms with E-state index in [1.54, 1.807) is 25.2 Å². The standard InChI is InChI=1S/C14H11Cl3FN/c1-19-14(8-2-5-11(16)13(18)6-8)10-4-3-9(15)7-12(10)17/h2-7,14,19H,1H3. The maximum atomic E-state index is 13.5. The van der Waals surface area contributed by atoms with Gasteiger partial charge in [0.05, 0.1) is 11.1 Å². The number of hydrogen-bond acceptors (Lipinski definition) is 1. The third-order valence-corrected chi connectivity index (χ3v) is 3.71. The van der Waals surface area contributed by atoms with Crippen LogP contribution in [-0.2, 0) is 0 Å². The molecule has 0 heterocycles. The summed E-state index contributed by atoms with van der Waals surface area (Å²) in [6.07, 6.45) is 0. The zero-order valence-electron chi connectivity index (χ0n) is 10.1. The van der Waals surface area contributed by atoms with Gasteiger partial charge < -0.3 is 5.32 Å². The van der Waals surface area contributed by atoms with Crippen molar-refractivity contribution in [3.63, 3.8) is 0 Å². The van der Waals surface area contributed by atoms with Crippen LogP contribution in [0.3, 0.4) is 0 Å². The number of rotatable bonds is 3. The SMILES string of the molecule is CNC(c1ccc(Cl)c(F)c1)c1ccc(Cl)cc1Cl. The second-order valence-electron chi connectivity index (χ2n) is 4.06. The van der Waals surface area contributed by atoms with Crippen molar-refractivity contribution in [3.8, 4) is 0 Å². The Morgan fingerprint density at radius 1 is 1.00 bits per heavy atom. The first-order chi connectivity index (χ1) is 9.02. The van der Waals surface area contributed by atoms with Gasteiger partial charge in [-0.15, -0.1) is 0 Å². The molecule has 0 aromatic heterocycles. The highest BCUT2D eigenvalue weighted by molar-refractivity contribution is 6.35. The molecule has 0 saturated heterocycles. The van der Waals surface area contributed by atoms with Crippen molar-refractivity contribution in [2.45, 2.75) is 6.04 Å². The summed E-state index contributed by atoms with van der Waals surface area (Å²) in [5.41, 5.74) is 1.57. The minimum Gasteiger partial charge on any atom is -0.309 e. The highest BCUT2D eigenvalue weighted by Gasteiger charge is 2.16. The quantitative estimate of drug-likeness (QED) is 0.830. The Hall–Kier alpha value is -0.800. The van der Waals surface area contributed by atoms with E-state index in [-0.39, 0.29) is 11.1 Å². The molecule has 2 aromatic rings. The molecule has 0 radical (unpaired) electrons. The molecule has 2 aromatic carbocycles. The van der Waals surface area contributed by atoms with Crippen LogP contribution in [0.4, 0.5) is 4.39 Å². The second-order valence-corrected chi connectivity index (χ2v) is 5.31. The van der Waals surface area contributed by atoms with Crippen LogP contribution in [-0.4, -0.2) is 7.05 Å². The average molecular weight is 319 g/mol. The van der Waals surface area contributed by atoms with Crippen molar-refractivity contribution >= 4 is 34.8 Å². The van der Waals surface area contributed by atoms with E-state index in [0.29, 0.717) is 10.0 Å². The van der Waals surface area contributed by atoms with E-state index in [9.17, 15) is 4.39 Å². The molecule has 1 unspecified atom stereocenters. The van der Waals surface area contributed by atoms with Crippen LogP contribution in [0.15, 0.2) is 36.4 Å². The van der Waals surface area contributed by atoms with Gasteiger partial charge in [0.15, 0.2) is 0 Å². The summed E-state index contributed by atoms with van der Waals surface area (Å²) in [4.78, 5) is 0. The largest absolute Gasteiger partial charge is 0.309 e. The zero-order chi connectivity index (χ0) is 14.0. The molecule has 0 amide bonds. The fourth-order valence-electron chi connectivity index (χ4n) is 1.93. The van der Waals surface area contributed by atoms with Gasteiger partial charge in [-0.1, -0.05) is 46.9 Å². The smallest absolute Gasteiger partial charge is 0.142 e. The van der Waals surface area contributed by atoms with Crippen LogP contribution in [0.5, 0.6) is 0 Å². The molecule has 0 aliphatic heterocycles. The molecule has 0 saturated carbocycles.